The SMILES string of the molecule is CCC[C@@H](c1cc([N+](=O)[O-])cc(F)c1O)N1CCNCC1.Cl.Cl. The second-order valence-electron chi connectivity index (χ2n) is 5.21. The molecule has 9 heteroatoms. The number of nitrogens with one attached hydrogen (secondary N) is 1. The van der Waals surface area contributed by atoms with Gasteiger partial charge in [-0.2, -0.15) is 0 Å². The van der Waals surface area contributed by atoms with Gasteiger partial charge in [0.1, 0.15) is 0 Å². The van der Waals surface area contributed by atoms with E-state index in [1.807, 2.05) is 6.92 Å². The predicted molar refractivity (Wildman–Crippen MR) is 91.3 cm³/mol. The fourth-order valence-electron chi connectivity index (χ4n) is 2.77. The second kappa shape index (κ2) is 9.87. The Morgan fingerprint density at radius 1 is 1.39 bits per heavy atom. The van der Waals surface area contributed by atoms with E-state index in [9.17, 15) is 19.6 Å². The molecule has 1 heterocycles. The molecular weight excluding hydrogens is 348 g/mol. The zero-order chi connectivity index (χ0) is 15.4. The van der Waals surface area contributed by atoms with E-state index < -0.39 is 16.5 Å². The van der Waals surface area contributed by atoms with Gasteiger partial charge in [0.25, 0.3) is 5.69 Å². The van der Waals surface area contributed by atoms with Gasteiger partial charge in [-0.25, -0.2) is 4.39 Å². The van der Waals surface area contributed by atoms with Gasteiger partial charge in [-0.3, -0.25) is 15.0 Å². The Bertz CT molecular complexity index is 528. The number of halogens is 3. The third-order valence-corrected chi connectivity index (χ3v) is 3.80. The zero-order valence-corrected chi connectivity index (χ0v) is 14.5. The molecule has 0 amide bonds. The molecule has 1 aromatic carbocycles. The fourth-order valence-corrected chi connectivity index (χ4v) is 2.77. The van der Waals surface area contributed by atoms with E-state index in [0.717, 1.165) is 38.7 Å². The van der Waals surface area contributed by atoms with Crippen LogP contribution in [-0.2, 0) is 0 Å². The molecule has 23 heavy (non-hydrogen) atoms. The van der Waals surface area contributed by atoms with Gasteiger partial charge in [0.05, 0.1) is 11.0 Å². The number of hydrogen-bond donors (Lipinski definition) is 2. The summed E-state index contributed by atoms with van der Waals surface area (Å²) in [7, 11) is 0. The first-order chi connectivity index (χ1) is 10.0. The van der Waals surface area contributed by atoms with Crippen LogP contribution in [0.25, 0.3) is 0 Å². The summed E-state index contributed by atoms with van der Waals surface area (Å²) in [5, 5.41) is 24.1. The van der Waals surface area contributed by atoms with Gasteiger partial charge in [-0.1, -0.05) is 13.3 Å². The maximum Gasteiger partial charge on any atom is 0.272 e. The van der Waals surface area contributed by atoms with Crippen LogP contribution in [-0.4, -0.2) is 41.1 Å². The van der Waals surface area contributed by atoms with Crippen molar-refractivity contribution in [2.75, 3.05) is 26.2 Å². The molecule has 0 bridgehead atoms. The molecule has 0 aliphatic carbocycles. The van der Waals surface area contributed by atoms with Gasteiger partial charge < -0.3 is 10.4 Å². The summed E-state index contributed by atoms with van der Waals surface area (Å²) in [6.07, 6.45) is 1.56. The minimum atomic E-state index is -0.935. The number of nitro benzene ring substituents is 1. The molecule has 1 aliphatic rings. The van der Waals surface area contributed by atoms with E-state index in [4.69, 9.17) is 0 Å². The van der Waals surface area contributed by atoms with Crippen LogP contribution in [0.5, 0.6) is 5.75 Å². The fraction of sp³-hybridized carbons (Fsp3) is 0.571. The minimum Gasteiger partial charge on any atom is -0.505 e. The van der Waals surface area contributed by atoms with Crippen molar-refractivity contribution in [3.05, 3.63) is 33.6 Å². The molecule has 0 aromatic heterocycles. The van der Waals surface area contributed by atoms with Gasteiger partial charge in [-0.05, 0) is 6.42 Å². The van der Waals surface area contributed by atoms with Crippen molar-refractivity contribution in [1.82, 2.24) is 10.2 Å². The summed E-state index contributed by atoms with van der Waals surface area (Å²) in [5.41, 5.74) is -0.0120. The monoisotopic (exact) mass is 369 g/mol. The van der Waals surface area contributed by atoms with Gasteiger partial charge in [0.2, 0.25) is 0 Å². The first-order valence-corrected chi connectivity index (χ1v) is 7.16. The molecular formula is C14H22Cl2FN3O3. The Kier molecular flexibility index (Phi) is 9.38. The molecule has 0 unspecified atom stereocenters. The van der Waals surface area contributed by atoms with Crippen LogP contribution in [0, 0.1) is 15.9 Å². The summed E-state index contributed by atoms with van der Waals surface area (Å²) in [4.78, 5) is 12.4. The lowest BCUT2D eigenvalue weighted by Crippen LogP contribution is -2.45. The molecule has 132 valence electrons. The van der Waals surface area contributed by atoms with Crippen LogP contribution in [0.4, 0.5) is 10.1 Å². The smallest absolute Gasteiger partial charge is 0.272 e. The molecule has 1 saturated heterocycles. The van der Waals surface area contributed by atoms with Crippen LogP contribution >= 0.6 is 24.8 Å². The molecule has 1 fully saturated rings. The van der Waals surface area contributed by atoms with Crippen LogP contribution in [0.15, 0.2) is 12.1 Å². The van der Waals surface area contributed by atoms with Gasteiger partial charge in [0.15, 0.2) is 11.6 Å². The Hall–Kier alpha value is -1.15. The lowest BCUT2D eigenvalue weighted by Gasteiger charge is -2.35. The molecule has 6 nitrogen and oxygen atoms in total. The normalized spacial score (nSPS) is 16.1. The highest BCUT2D eigenvalue weighted by molar-refractivity contribution is 5.85. The largest absolute Gasteiger partial charge is 0.505 e. The van der Waals surface area contributed by atoms with E-state index in [2.05, 4.69) is 10.2 Å². The van der Waals surface area contributed by atoms with Crippen LogP contribution in [0.1, 0.15) is 31.4 Å². The molecule has 1 aromatic rings. The van der Waals surface area contributed by atoms with Crippen molar-refractivity contribution in [3.63, 3.8) is 0 Å². The number of phenolic OH excluding ortho intramolecular Hbond substituents is 1. The lowest BCUT2D eigenvalue weighted by molar-refractivity contribution is -0.385. The van der Waals surface area contributed by atoms with E-state index >= 15 is 0 Å². The van der Waals surface area contributed by atoms with Crippen molar-refractivity contribution in [2.45, 2.75) is 25.8 Å². The van der Waals surface area contributed by atoms with Gasteiger partial charge in [0, 0.05) is 43.9 Å². The quantitative estimate of drug-likeness (QED) is 0.615. The molecule has 1 aliphatic heterocycles. The first-order valence-electron chi connectivity index (χ1n) is 7.16. The van der Waals surface area contributed by atoms with E-state index in [1.54, 1.807) is 0 Å². The Morgan fingerprint density at radius 2 is 2.00 bits per heavy atom. The number of benzene rings is 1. The van der Waals surface area contributed by atoms with Crippen molar-refractivity contribution in [1.29, 1.82) is 0 Å². The number of rotatable bonds is 5. The summed E-state index contributed by atoms with van der Waals surface area (Å²) in [5.74, 6) is -1.41. The molecule has 2 rings (SSSR count). The predicted octanol–water partition coefficient (Wildman–Crippen LogP) is 3.03. The summed E-state index contributed by atoms with van der Waals surface area (Å²) >= 11 is 0. The number of phenols is 1. The number of hydrogen-bond acceptors (Lipinski definition) is 5. The number of nitro groups is 1. The highest BCUT2D eigenvalue weighted by Crippen LogP contribution is 2.36. The Morgan fingerprint density at radius 3 is 2.52 bits per heavy atom. The Labute approximate surface area is 147 Å². The third kappa shape index (κ3) is 5.17. The standard InChI is InChI=1S/C14H20FN3O3.2ClH/c1-2-3-13(17-6-4-16-5-7-17)11-8-10(18(20)21)9-12(15)14(11)19;;/h8-9,13,16,19H,2-7H2,1H3;2*1H/t13-;;/m0../s1. The van der Waals surface area contributed by atoms with E-state index in [0.29, 0.717) is 12.0 Å². The number of aromatic hydroxyl groups is 1. The average molecular weight is 370 g/mol. The van der Waals surface area contributed by atoms with Crippen molar-refractivity contribution >= 4 is 30.5 Å². The van der Waals surface area contributed by atoms with Crippen LogP contribution < -0.4 is 5.32 Å². The third-order valence-electron chi connectivity index (χ3n) is 3.80. The Balaban J connectivity index is 0.00000242. The topological polar surface area (TPSA) is 78.6 Å². The highest BCUT2D eigenvalue weighted by Gasteiger charge is 2.27. The minimum absolute atomic E-state index is 0. The maximum atomic E-state index is 13.8. The van der Waals surface area contributed by atoms with Crippen LogP contribution in [0.3, 0.4) is 0 Å². The number of non-ortho nitro benzene ring substituents is 1. The number of nitrogens with zero attached hydrogens (tertiary/aromatic N) is 2. The highest BCUT2D eigenvalue weighted by atomic mass is 35.5. The van der Waals surface area contributed by atoms with E-state index in [-0.39, 0.29) is 36.5 Å². The number of piperazine rings is 1. The van der Waals surface area contributed by atoms with Crippen molar-refractivity contribution in [2.24, 2.45) is 0 Å². The lowest BCUT2D eigenvalue weighted by atomic mass is 9.98. The van der Waals surface area contributed by atoms with Crippen molar-refractivity contribution in [3.8, 4) is 5.75 Å². The van der Waals surface area contributed by atoms with E-state index in [1.165, 1.54) is 6.07 Å². The molecule has 0 radical (unpaired) electrons. The summed E-state index contributed by atoms with van der Waals surface area (Å²) in [6.45, 7) is 5.18. The maximum absolute atomic E-state index is 13.8. The molecule has 1 atom stereocenters. The van der Waals surface area contributed by atoms with Crippen molar-refractivity contribution < 1.29 is 14.4 Å². The van der Waals surface area contributed by atoms with Gasteiger partial charge in [-0.15, -0.1) is 24.8 Å². The summed E-state index contributed by atoms with van der Waals surface area (Å²) in [6, 6.07) is 1.85. The average Bonchev–Trinajstić information content (AvgIpc) is 2.48. The first kappa shape index (κ1) is 21.9. The molecule has 0 spiro atoms. The van der Waals surface area contributed by atoms with Gasteiger partial charge >= 0.3 is 0 Å². The van der Waals surface area contributed by atoms with Crippen LogP contribution in [0.2, 0.25) is 0 Å². The zero-order valence-electron chi connectivity index (χ0n) is 12.8. The second-order valence-corrected chi connectivity index (χ2v) is 5.21. The molecule has 0 saturated carbocycles. The molecule has 2 N–H and O–H groups in total. The summed E-state index contributed by atoms with van der Waals surface area (Å²) < 4.78 is 13.8.